The van der Waals surface area contributed by atoms with Crippen molar-refractivity contribution in [3.05, 3.63) is 72.6 Å². The molecule has 3 rings (SSSR count). The summed E-state index contributed by atoms with van der Waals surface area (Å²) in [5.41, 5.74) is 2.73. The Bertz CT molecular complexity index is 1250. The molecule has 7 nitrogen and oxygen atoms in total. The molecule has 0 fully saturated rings. The molecule has 1 heterocycles. The van der Waals surface area contributed by atoms with E-state index in [1.807, 2.05) is 29.2 Å². The van der Waals surface area contributed by atoms with Crippen molar-refractivity contribution in [2.24, 2.45) is 0 Å². The first kappa shape index (κ1) is 26.6. The maximum atomic E-state index is 13.1. The molecule has 1 amide bonds. The summed E-state index contributed by atoms with van der Waals surface area (Å²) in [5.74, 6) is 0.869. The molecule has 3 aromatic rings. The summed E-state index contributed by atoms with van der Waals surface area (Å²) in [7, 11) is -0.513. The van der Waals surface area contributed by atoms with Gasteiger partial charge in [0, 0.05) is 46.6 Å². The molecular weight excluding hydrogens is 460 g/mol. The van der Waals surface area contributed by atoms with Crippen molar-refractivity contribution in [2.75, 3.05) is 27.2 Å². The zero-order valence-electron chi connectivity index (χ0n) is 21.0. The van der Waals surface area contributed by atoms with Gasteiger partial charge in [-0.15, -0.1) is 6.58 Å². The van der Waals surface area contributed by atoms with E-state index in [0.717, 1.165) is 37.1 Å². The van der Waals surface area contributed by atoms with E-state index < -0.39 is 10.0 Å². The summed E-state index contributed by atoms with van der Waals surface area (Å²) in [4.78, 5) is 19.9. The van der Waals surface area contributed by atoms with Crippen LogP contribution in [0.3, 0.4) is 0 Å². The number of hydrogen-bond acceptors (Lipinski definition) is 4. The summed E-state index contributed by atoms with van der Waals surface area (Å²) in [6.07, 6.45) is 5.37. The molecule has 35 heavy (non-hydrogen) atoms. The molecule has 0 saturated heterocycles. The lowest BCUT2D eigenvalue weighted by Gasteiger charge is -2.21. The van der Waals surface area contributed by atoms with E-state index >= 15 is 0 Å². The van der Waals surface area contributed by atoms with Gasteiger partial charge in [0.2, 0.25) is 15.9 Å². The Morgan fingerprint density at radius 3 is 2.51 bits per heavy atom. The highest BCUT2D eigenvalue weighted by molar-refractivity contribution is 7.89. The molecule has 0 saturated carbocycles. The van der Waals surface area contributed by atoms with Crippen LogP contribution in [0.5, 0.6) is 0 Å². The van der Waals surface area contributed by atoms with Crippen molar-refractivity contribution in [1.29, 1.82) is 0 Å². The molecule has 0 unspecified atom stereocenters. The Labute approximate surface area is 209 Å². The van der Waals surface area contributed by atoms with Crippen LogP contribution in [0, 0.1) is 0 Å². The van der Waals surface area contributed by atoms with Gasteiger partial charge in [0.1, 0.15) is 5.82 Å². The van der Waals surface area contributed by atoms with Gasteiger partial charge in [-0.2, -0.15) is 0 Å². The van der Waals surface area contributed by atoms with E-state index in [1.165, 1.54) is 24.0 Å². The lowest BCUT2D eigenvalue weighted by atomic mass is 10.1. The van der Waals surface area contributed by atoms with Crippen LogP contribution >= 0.6 is 0 Å². The third-order valence-corrected chi connectivity index (χ3v) is 7.90. The highest BCUT2D eigenvalue weighted by Gasteiger charge is 2.20. The van der Waals surface area contributed by atoms with Gasteiger partial charge in [-0.05, 0) is 36.6 Å². The second-order valence-corrected chi connectivity index (χ2v) is 11.0. The predicted molar refractivity (Wildman–Crippen MR) is 141 cm³/mol. The van der Waals surface area contributed by atoms with Crippen molar-refractivity contribution in [3.63, 3.8) is 0 Å². The number of benzene rings is 2. The molecule has 0 aliphatic carbocycles. The molecule has 1 aromatic heterocycles. The van der Waals surface area contributed by atoms with E-state index in [-0.39, 0.29) is 10.8 Å². The lowest BCUT2D eigenvalue weighted by molar-refractivity contribution is -0.130. The van der Waals surface area contributed by atoms with Crippen molar-refractivity contribution in [3.8, 4) is 0 Å². The van der Waals surface area contributed by atoms with E-state index in [1.54, 1.807) is 18.2 Å². The van der Waals surface area contributed by atoms with Crippen molar-refractivity contribution in [1.82, 2.24) is 18.8 Å². The van der Waals surface area contributed by atoms with Gasteiger partial charge in [-0.1, -0.05) is 49.8 Å². The third kappa shape index (κ3) is 6.58. The van der Waals surface area contributed by atoms with Gasteiger partial charge in [0.05, 0.1) is 15.9 Å². The van der Waals surface area contributed by atoms with Crippen molar-refractivity contribution < 1.29 is 13.2 Å². The normalized spacial score (nSPS) is 11.8. The number of rotatable bonds is 13. The molecular formula is C27H36N4O3S. The molecule has 0 atom stereocenters. The Balaban J connectivity index is 1.80. The van der Waals surface area contributed by atoms with Gasteiger partial charge in [0.15, 0.2) is 0 Å². The quantitative estimate of drug-likeness (QED) is 0.331. The van der Waals surface area contributed by atoms with Crippen LogP contribution in [0.15, 0.2) is 66.1 Å². The molecule has 2 aromatic carbocycles. The number of aromatic nitrogens is 2. The second kappa shape index (κ2) is 12.1. The number of fused-ring (bicyclic) bond motifs is 1. The molecule has 0 aliphatic heterocycles. The smallest absolute Gasteiger partial charge is 0.242 e. The van der Waals surface area contributed by atoms with Crippen LogP contribution in [0.1, 0.15) is 37.6 Å². The summed E-state index contributed by atoms with van der Waals surface area (Å²) in [6.45, 7) is 7.85. The maximum absolute atomic E-state index is 13.1. The monoisotopic (exact) mass is 496 g/mol. The molecule has 188 valence electrons. The van der Waals surface area contributed by atoms with Gasteiger partial charge in [0.25, 0.3) is 0 Å². The minimum Gasteiger partial charge on any atom is -0.339 e. The molecule has 8 heteroatoms. The van der Waals surface area contributed by atoms with Crippen LogP contribution < -0.4 is 0 Å². The standard InChI is InChI=1S/C27H36N4O3S/c1-5-7-19-31-25-14-13-23(35(33,34)29(3)4)21-24(25)28-26(31)15-16-27(32)30(18-6-2)20-17-22-11-9-8-10-12-22/h6,8-14,21H,2,5,7,15-20H2,1,3-4H3. The summed E-state index contributed by atoms with van der Waals surface area (Å²) >= 11 is 0. The van der Waals surface area contributed by atoms with Crippen LogP contribution in [0.4, 0.5) is 0 Å². The van der Waals surface area contributed by atoms with Crippen LogP contribution in [0.2, 0.25) is 0 Å². The third-order valence-electron chi connectivity index (χ3n) is 6.09. The number of carbonyl (C=O) groups excluding carboxylic acids is 1. The number of sulfonamides is 1. The highest BCUT2D eigenvalue weighted by Crippen LogP contribution is 2.23. The largest absolute Gasteiger partial charge is 0.339 e. The molecule has 0 spiro atoms. The Morgan fingerprint density at radius 2 is 1.86 bits per heavy atom. The Morgan fingerprint density at radius 1 is 1.11 bits per heavy atom. The zero-order valence-corrected chi connectivity index (χ0v) is 21.8. The molecule has 0 bridgehead atoms. The van der Waals surface area contributed by atoms with Crippen molar-refractivity contribution in [2.45, 2.75) is 50.5 Å². The number of amides is 1. The van der Waals surface area contributed by atoms with E-state index in [0.29, 0.717) is 31.4 Å². The van der Waals surface area contributed by atoms with Crippen LogP contribution in [-0.2, 0) is 34.2 Å². The number of carbonyl (C=O) groups is 1. The van der Waals surface area contributed by atoms with E-state index in [2.05, 4.69) is 30.2 Å². The fraction of sp³-hybridized carbons (Fsp3) is 0.407. The van der Waals surface area contributed by atoms with Gasteiger partial charge >= 0.3 is 0 Å². The van der Waals surface area contributed by atoms with E-state index in [9.17, 15) is 13.2 Å². The number of aryl methyl sites for hydroxylation is 2. The highest BCUT2D eigenvalue weighted by atomic mass is 32.2. The zero-order chi connectivity index (χ0) is 25.4. The fourth-order valence-corrected chi connectivity index (χ4v) is 4.97. The minimum absolute atomic E-state index is 0.0609. The van der Waals surface area contributed by atoms with E-state index in [4.69, 9.17) is 4.98 Å². The summed E-state index contributed by atoms with van der Waals surface area (Å²) in [5, 5.41) is 0. The van der Waals surface area contributed by atoms with Gasteiger partial charge in [-0.25, -0.2) is 17.7 Å². The Kier molecular flexibility index (Phi) is 9.23. The molecule has 0 aliphatic rings. The number of imidazole rings is 1. The van der Waals surface area contributed by atoms with Gasteiger partial charge in [-0.3, -0.25) is 4.79 Å². The summed E-state index contributed by atoms with van der Waals surface area (Å²) in [6, 6.07) is 15.2. The Hall–Kier alpha value is -2.97. The lowest BCUT2D eigenvalue weighted by Crippen LogP contribution is -2.33. The van der Waals surface area contributed by atoms with Gasteiger partial charge < -0.3 is 9.47 Å². The van der Waals surface area contributed by atoms with Crippen LogP contribution in [-0.4, -0.2) is 60.3 Å². The second-order valence-electron chi connectivity index (χ2n) is 8.84. The van der Waals surface area contributed by atoms with Crippen LogP contribution in [0.25, 0.3) is 11.0 Å². The topological polar surface area (TPSA) is 75.5 Å². The average Bonchev–Trinajstić information content (AvgIpc) is 3.20. The minimum atomic E-state index is -3.55. The maximum Gasteiger partial charge on any atom is 0.242 e. The summed E-state index contributed by atoms with van der Waals surface area (Å²) < 4.78 is 28.5. The SMILES string of the molecule is C=CCN(CCc1ccccc1)C(=O)CCc1nc2cc(S(=O)(=O)N(C)C)ccc2n1CCCC. The van der Waals surface area contributed by atoms with Crippen molar-refractivity contribution >= 4 is 27.0 Å². The molecule has 0 N–H and O–H groups in total. The predicted octanol–water partition coefficient (Wildman–Crippen LogP) is 4.28. The first-order chi connectivity index (χ1) is 16.8. The number of nitrogens with zero attached hydrogens (tertiary/aromatic N) is 4. The average molecular weight is 497 g/mol. The number of unbranched alkanes of at least 4 members (excludes halogenated alkanes) is 1. The fourth-order valence-electron chi connectivity index (χ4n) is 4.05. The first-order valence-electron chi connectivity index (χ1n) is 12.1. The molecule has 0 radical (unpaired) electrons. The first-order valence-corrected chi connectivity index (χ1v) is 13.6. The number of hydrogen-bond donors (Lipinski definition) is 0.